The number of para-hydroxylation sites is 1. The maximum Gasteiger partial charge on any atom is 0.261 e. The van der Waals surface area contributed by atoms with Gasteiger partial charge in [0.2, 0.25) is 20.0 Å². The van der Waals surface area contributed by atoms with Crippen molar-refractivity contribution in [2.75, 3.05) is 13.1 Å². The van der Waals surface area contributed by atoms with Crippen molar-refractivity contribution in [1.82, 2.24) is 18.2 Å². The summed E-state index contributed by atoms with van der Waals surface area (Å²) in [5.41, 5.74) is 0.168. The number of fused-ring (bicyclic) bond motifs is 1. The van der Waals surface area contributed by atoms with Gasteiger partial charge < -0.3 is 0 Å². The summed E-state index contributed by atoms with van der Waals surface area (Å²) in [7, 11) is -6.49. The van der Waals surface area contributed by atoms with Crippen molar-refractivity contribution in [3.63, 3.8) is 0 Å². The van der Waals surface area contributed by atoms with Crippen molar-refractivity contribution >= 4 is 62.8 Å². The number of aromatic nitrogens is 2. The molecule has 3 aromatic carbocycles. The smallest absolute Gasteiger partial charge is 0.261 e. The van der Waals surface area contributed by atoms with E-state index in [4.69, 9.17) is 4.98 Å². The Balaban J connectivity index is 1.61. The first-order chi connectivity index (χ1) is 19.9. The molecular formula is C29H30Br2N4O5S2. The molecule has 9 nitrogen and oxygen atoms in total. The van der Waals surface area contributed by atoms with E-state index in [9.17, 15) is 21.6 Å². The summed E-state index contributed by atoms with van der Waals surface area (Å²) in [5, 5.41) is 0.428. The molecule has 0 N–H and O–H groups in total. The average molecular weight is 739 g/mol. The third-order valence-corrected chi connectivity index (χ3v) is 12.6. The highest BCUT2D eigenvalue weighted by atomic mass is 79.9. The van der Waals surface area contributed by atoms with Crippen LogP contribution < -0.4 is 5.56 Å². The molecule has 0 bridgehead atoms. The van der Waals surface area contributed by atoms with E-state index in [1.165, 1.54) is 25.3 Å². The molecule has 2 atom stereocenters. The Kier molecular flexibility index (Phi) is 9.08. The van der Waals surface area contributed by atoms with Crippen LogP contribution in [0.5, 0.6) is 0 Å². The minimum Gasteiger partial charge on any atom is -0.298 e. The van der Waals surface area contributed by atoms with Crippen molar-refractivity contribution in [2.24, 2.45) is 7.05 Å². The van der Waals surface area contributed by atoms with E-state index >= 15 is 0 Å². The molecule has 4 aromatic rings. The molecule has 0 saturated carbocycles. The van der Waals surface area contributed by atoms with Gasteiger partial charge in [0.15, 0.2) is 0 Å². The first kappa shape index (κ1) is 31.0. The van der Waals surface area contributed by atoms with E-state index in [2.05, 4.69) is 31.9 Å². The third-order valence-electron chi connectivity index (χ3n) is 7.63. The van der Waals surface area contributed by atoms with Gasteiger partial charge in [0.25, 0.3) is 5.56 Å². The molecule has 1 fully saturated rings. The highest BCUT2D eigenvalue weighted by Gasteiger charge is 2.40. The second-order valence-electron chi connectivity index (χ2n) is 10.3. The number of nitrogens with zero attached hydrogens (tertiary/aromatic N) is 4. The number of piperidine rings is 1. The number of hydrogen-bond acceptors (Lipinski definition) is 6. The first-order valence-corrected chi connectivity index (χ1v) is 17.9. The maximum absolute atomic E-state index is 14.3. The fraction of sp³-hybridized carbons (Fsp3) is 0.310. The Morgan fingerprint density at radius 2 is 1.50 bits per heavy atom. The van der Waals surface area contributed by atoms with Crippen molar-refractivity contribution in [2.45, 2.75) is 48.1 Å². The molecule has 2 heterocycles. The third kappa shape index (κ3) is 6.00. The minimum atomic E-state index is -4.16. The Hall–Kier alpha value is -2.42. The first-order valence-electron chi connectivity index (χ1n) is 13.4. The lowest BCUT2D eigenvalue weighted by Gasteiger charge is -2.39. The SMILES string of the molecule is CC(c1nc2ccccc2c(=O)n1C)N(C[C@@H]1CCCCN1S(=O)(=O)c1ccc(Br)cc1)S(=O)(=O)c1ccc(Br)cc1. The Morgan fingerprint density at radius 1 is 0.905 bits per heavy atom. The lowest BCUT2D eigenvalue weighted by atomic mass is 10.0. The monoisotopic (exact) mass is 736 g/mol. The van der Waals surface area contributed by atoms with E-state index in [-0.39, 0.29) is 34.3 Å². The molecule has 1 aliphatic heterocycles. The molecule has 1 unspecified atom stereocenters. The van der Waals surface area contributed by atoms with Crippen molar-refractivity contribution in [3.05, 3.63) is 97.9 Å². The van der Waals surface area contributed by atoms with Crippen LogP contribution in [0.3, 0.4) is 0 Å². The second kappa shape index (κ2) is 12.3. The minimum absolute atomic E-state index is 0.0569. The van der Waals surface area contributed by atoms with Crippen LogP contribution in [0.1, 0.15) is 38.1 Å². The molecule has 222 valence electrons. The van der Waals surface area contributed by atoms with E-state index in [1.54, 1.807) is 74.6 Å². The van der Waals surface area contributed by atoms with Crippen molar-refractivity contribution in [1.29, 1.82) is 0 Å². The van der Waals surface area contributed by atoms with Gasteiger partial charge in [-0.3, -0.25) is 9.36 Å². The molecule has 13 heteroatoms. The number of benzene rings is 3. The Bertz CT molecular complexity index is 1880. The summed E-state index contributed by atoms with van der Waals surface area (Å²) in [4.78, 5) is 18.2. The lowest BCUT2D eigenvalue weighted by Crippen LogP contribution is -2.51. The van der Waals surface area contributed by atoms with Crippen LogP contribution in [0, 0.1) is 0 Å². The maximum atomic E-state index is 14.3. The summed E-state index contributed by atoms with van der Waals surface area (Å²) < 4.78 is 61.7. The van der Waals surface area contributed by atoms with E-state index in [0.717, 1.165) is 15.4 Å². The van der Waals surface area contributed by atoms with Gasteiger partial charge in [0, 0.05) is 35.1 Å². The van der Waals surface area contributed by atoms with Crippen LogP contribution in [0.25, 0.3) is 10.9 Å². The van der Waals surface area contributed by atoms with E-state index in [0.29, 0.717) is 23.7 Å². The van der Waals surface area contributed by atoms with Crippen LogP contribution in [-0.2, 0) is 27.1 Å². The number of hydrogen-bond donors (Lipinski definition) is 0. The fourth-order valence-corrected chi connectivity index (χ4v) is 9.21. The van der Waals surface area contributed by atoms with Gasteiger partial charge in [0.1, 0.15) is 5.82 Å². The molecule has 5 rings (SSSR count). The highest BCUT2D eigenvalue weighted by molar-refractivity contribution is 9.10. The zero-order chi connectivity index (χ0) is 30.2. The summed E-state index contributed by atoms with van der Waals surface area (Å²) in [6.07, 6.45) is 1.91. The van der Waals surface area contributed by atoms with Gasteiger partial charge in [-0.25, -0.2) is 21.8 Å². The molecule has 1 aromatic heterocycles. The van der Waals surface area contributed by atoms with Gasteiger partial charge >= 0.3 is 0 Å². The topological polar surface area (TPSA) is 110 Å². The Labute approximate surface area is 262 Å². The van der Waals surface area contributed by atoms with Crippen molar-refractivity contribution in [3.8, 4) is 0 Å². The van der Waals surface area contributed by atoms with Crippen molar-refractivity contribution < 1.29 is 16.8 Å². The fourth-order valence-electron chi connectivity index (χ4n) is 5.37. The zero-order valence-electron chi connectivity index (χ0n) is 23.0. The quantitative estimate of drug-likeness (QED) is 0.238. The predicted octanol–water partition coefficient (Wildman–Crippen LogP) is 5.45. The summed E-state index contributed by atoms with van der Waals surface area (Å²) in [6.45, 7) is 1.84. The van der Waals surface area contributed by atoms with Gasteiger partial charge in [-0.15, -0.1) is 0 Å². The van der Waals surface area contributed by atoms with Crippen LogP contribution in [0.4, 0.5) is 0 Å². The molecule has 1 saturated heterocycles. The summed E-state index contributed by atoms with van der Waals surface area (Å²) >= 11 is 6.71. The van der Waals surface area contributed by atoms with Crippen LogP contribution in [0.2, 0.25) is 0 Å². The molecule has 0 spiro atoms. The van der Waals surface area contributed by atoms with Gasteiger partial charge in [-0.1, -0.05) is 50.4 Å². The molecule has 0 amide bonds. The lowest BCUT2D eigenvalue weighted by molar-refractivity contribution is 0.194. The van der Waals surface area contributed by atoms with E-state index in [1.807, 2.05) is 0 Å². The number of halogens is 2. The molecule has 42 heavy (non-hydrogen) atoms. The summed E-state index contributed by atoms with van der Waals surface area (Å²) in [5.74, 6) is 0.262. The molecule has 0 radical (unpaired) electrons. The normalized spacial score (nSPS) is 17.5. The average Bonchev–Trinajstić information content (AvgIpc) is 2.98. The Morgan fingerprint density at radius 3 is 2.14 bits per heavy atom. The van der Waals surface area contributed by atoms with Gasteiger partial charge in [-0.2, -0.15) is 8.61 Å². The largest absolute Gasteiger partial charge is 0.298 e. The molecular weight excluding hydrogens is 708 g/mol. The van der Waals surface area contributed by atoms with E-state index < -0.39 is 32.1 Å². The molecule has 1 aliphatic rings. The van der Waals surface area contributed by atoms with Gasteiger partial charge in [0.05, 0.1) is 26.7 Å². The number of rotatable bonds is 8. The highest BCUT2D eigenvalue weighted by Crippen LogP contribution is 2.32. The standard InChI is InChI=1S/C29H30Br2N4O5S2/c1-20(28-32-27-9-4-3-8-26(27)29(36)33(28)2)35(42(39,40)25-16-12-22(31)13-17-25)19-23-7-5-6-18-34(23)41(37,38)24-14-10-21(30)11-15-24/h3-4,8-17,20,23H,5-7,18-19H2,1-2H3/t20?,23-/m0/s1. The second-order valence-corrected chi connectivity index (χ2v) is 15.9. The predicted molar refractivity (Wildman–Crippen MR) is 169 cm³/mol. The van der Waals surface area contributed by atoms with Crippen LogP contribution in [-0.4, -0.2) is 54.1 Å². The zero-order valence-corrected chi connectivity index (χ0v) is 27.8. The molecule has 0 aliphatic carbocycles. The number of sulfonamides is 2. The van der Waals surface area contributed by atoms with Crippen LogP contribution in [0.15, 0.2) is 96.3 Å². The summed E-state index contributed by atoms with van der Waals surface area (Å²) in [6, 6.07) is 18.1. The van der Waals surface area contributed by atoms with Crippen LogP contribution >= 0.6 is 31.9 Å². The van der Waals surface area contributed by atoms with Gasteiger partial charge in [-0.05, 0) is 80.4 Å².